The number of aromatic nitrogens is 3. The topological polar surface area (TPSA) is 73.8 Å². The number of hydrogen-bond donors (Lipinski definition) is 1. The number of hydrogen-bond acceptors (Lipinski definition) is 5. The second kappa shape index (κ2) is 9.62. The van der Waals surface area contributed by atoms with Crippen LogP contribution in [0.25, 0.3) is 5.69 Å². The molecule has 5 nitrogen and oxygen atoms in total. The molecule has 0 radical (unpaired) electrons. The minimum absolute atomic E-state index is 0.205. The molecule has 124 valence electrons. The van der Waals surface area contributed by atoms with Gasteiger partial charge in [-0.25, -0.2) is 0 Å². The Bertz CT molecular complexity index is 616. The highest BCUT2D eigenvalue weighted by Gasteiger charge is 2.14. The van der Waals surface area contributed by atoms with Crippen LogP contribution >= 0.6 is 23.5 Å². The molecule has 0 atom stereocenters. The van der Waals surface area contributed by atoms with Crippen LogP contribution in [0.4, 0.5) is 0 Å². The van der Waals surface area contributed by atoms with Gasteiger partial charge in [0.1, 0.15) is 5.82 Å². The number of carbonyl (C=O) groups excluding carboxylic acids is 1. The fourth-order valence-corrected chi connectivity index (χ4v) is 3.77. The van der Waals surface area contributed by atoms with Crippen LogP contribution in [-0.2, 0) is 11.2 Å². The number of unbranched alkanes of at least 4 members (excludes halogenated alkanes) is 1. The van der Waals surface area contributed by atoms with Crippen LogP contribution in [0, 0.1) is 0 Å². The lowest BCUT2D eigenvalue weighted by Crippen LogP contribution is -2.14. The van der Waals surface area contributed by atoms with Crippen LogP contribution in [0.3, 0.4) is 0 Å². The maximum Gasteiger partial charge on any atom is 0.227 e. The third-order valence-electron chi connectivity index (χ3n) is 3.17. The van der Waals surface area contributed by atoms with Crippen molar-refractivity contribution in [3.8, 4) is 5.69 Å². The van der Waals surface area contributed by atoms with Crippen LogP contribution in [0.15, 0.2) is 35.5 Å². The van der Waals surface area contributed by atoms with Gasteiger partial charge in [0.2, 0.25) is 5.91 Å². The van der Waals surface area contributed by atoms with Gasteiger partial charge in [-0.15, -0.1) is 10.2 Å². The van der Waals surface area contributed by atoms with E-state index in [0.29, 0.717) is 5.16 Å². The normalized spacial score (nSPS) is 10.8. The summed E-state index contributed by atoms with van der Waals surface area (Å²) >= 11 is 3.27. The van der Waals surface area contributed by atoms with Crippen molar-refractivity contribution < 1.29 is 4.79 Å². The van der Waals surface area contributed by atoms with E-state index in [-0.39, 0.29) is 11.7 Å². The number of primary amides is 1. The lowest BCUT2D eigenvalue weighted by atomic mass is 10.3. The number of amides is 1. The smallest absolute Gasteiger partial charge is 0.227 e. The van der Waals surface area contributed by atoms with Gasteiger partial charge in [0.15, 0.2) is 5.16 Å². The maximum atomic E-state index is 11.0. The largest absolute Gasteiger partial charge is 0.369 e. The number of nitrogens with zero attached hydrogens (tertiary/aromatic N) is 3. The Hall–Kier alpha value is -1.47. The Labute approximate surface area is 145 Å². The average Bonchev–Trinajstić information content (AvgIpc) is 2.96. The minimum atomic E-state index is -0.353. The predicted octanol–water partition coefficient (Wildman–Crippen LogP) is 2.92. The lowest BCUT2D eigenvalue weighted by Gasteiger charge is -2.09. The molecule has 0 fully saturated rings. The van der Waals surface area contributed by atoms with Gasteiger partial charge in [-0.3, -0.25) is 9.36 Å². The Morgan fingerprint density at radius 1 is 1.22 bits per heavy atom. The van der Waals surface area contributed by atoms with Crippen molar-refractivity contribution in [2.24, 2.45) is 5.73 Å². The third-order valence-corrected chi connectivity index (χ3v) is 5.19. The van der Waals surface area contributed by atoms with Crippen molar-refractivity contribution in [1.82, 2.24) is 14.8 Å². The van der Waals surface area contributed by atoms with E-state index in [1.807, 2.05) is 46.7 Å². The summed E-state index contributed by atoms with van der Waals surface area (Å²) in [7, 11) is 0. The van der Waals surface area contributed by atoms with Gasteiger partial charge in [-0.05, 0) is 24.3 Å². The summed E-state index contributed by atoms with van der Waals surface area (Å²) in [5, 5.41) is 9.27. The number of nitrogens with two attached hydrogens (primary N) is 1. The molecule has 0 aliphatic heterocycles. The molecule has 23 heavy (non-hydrogen) atoms. The number of para-hydroxylation sites is 1. The molecular formula is C16H22N4OS2. The van der Waals surface area contributed by atoms with Crippen molar-refractivity contribution in [2.45, 2.75) is 31.3 Å². The maximum absolute atomic E-state index is 11.0. The SMILES string of the molecule is CCCCSCCc1nnc(SCC(N)=O)n1-c1ccccc1. The molecule has 1 aromatic heterocycles. The van der Waals surface area contributed by atoms with Crippen molar-refractivity contribution >= 4 is 29.4 Å². The van der Waals surface area contributed by atoms with Gasteiger partial charge < -0.3 is 5.73 Å². The molecule has 1 aromatic carbocycles. The number of aryl methyl sites for hydroxylation is 1. The van der Waals surface area contributed by atoms with E-state index in [9.17, 15) is 4.79 Å². The van der Waals surface area contributed by atoms with Crippen molar-refractivity contribution in [2.75, 3.05) is 17.3 Å². The summed E-state index contributed by atoms with van der Waals surface area (Å²) in [6.45, 7) is 2.20. The Balaban J connectivity index is 2.12. The average molecular weight is 351 g/mol. The van der Waals surface area contributed by atoms with Crippen LogP contribution in [-0.4, -0.2) is 37.9 Å². The third kappa shape index (κ3) is 5.58. The fraction of sp³-hybridized carbons (Fsp3) is 0.438. The molecule has 0 unspecified atom stereocenters. The Morgan fingerprint density at radius 3 is 2.70 bits per heavy atom. The Kier molecular flexibility index (Phi) is 7.48. The monoisotopic (exact) mass is 350 g/mol. The van der Waals surface area contributed by atoms with E-state index >= 15 is 0 Å². The highest BCUT2D eigenvalue weighted by atomic mass is 32.2. The summed E-state index contributed by atoms with van der Waals surface area (Å²) < 4.78 is 2.02. The molecule has 0 saturated carbocycles. The van der Waals surface area contributed by atoms with Gasteiger partial charge in [0, 0.05) is 17.9 Å². The number of thioether (sulfide) groups is 2. The van der Waals surface area contributed by atoms with Crippen LogP contribution in [0.2, 0.25) is 0 Å². The summed E-state index contributed by atoms with van der Waals surface area (Å²) in [6, 6.07) is 9.98. The van der Waals surface area contributed by atoms with Gasteiger partial charge in [-0.2, -0.15) is 11.8 Å². The second-order valence-electron chi connectivity index (χ2n) is 5.04. The predicted molar refractivity (Wildman–Crippen MR) is 97.2 cm³/mol. The number of rotatable bonds is 10. The number of benzene rings is 1. The molecule has 7 heteroatoms. The van der Waals surface area contributed by atoms with E-state index in [1.54, 1.807) is 0 Å². The molecule has 2 rings (SSSR count). The first-order valence-corrected chi connectivity index (χ1v) is 9.85. The van der Waals surface area contributed by atoms with Crippen molar-refractivity contribution in [3.05, 3.63) is 36.2 Å². The molecule has 1 amide bonds. The molecule has 0 aliphatic carbocycles. The minimum Gasteiger partial charge on any atom is -0.369 e. The summed E-state index contributed by atoms with van der Waals surface area (Å²) in [6.07, 6.45) is 3.32. The van der Waals surface area contributed by atoms with E-state index in [1.165, 1.54) is 30.4 Å². The van der Waals surface area contributed by atoms with Gasteiger partial charge in [-0.1, -0.05) is 43.3 Å². The molecule has 2 N–H and O–H groups in total. The first kappa shape index (κ1) is 17.9. The second-order valence-corrected chi connectivity index (χ2v) is 7.21. The Morgan fingerprint density at radius 2 is 2.00 bits per heavy atom. The summed E-state index contributed by atoms with van der Waals surface area (Å²) in [5.74, 6) is 2.97. The highest BCUT2D eigenvalue weighted by Crippen LogP contribution is 2.22. The van der Waals surface area contributed by atoms with Crippen LogP contribution in [0.5, 0.6) is 0 Å². The van der Waals surface area contributed by atoms with Gasteiger partial charge in [0.25, 0.3) is 0 Å². The molecule has 0 bridgehead atoms. The molecule has 2 aromatic rings. The van der Waals surface area contributed by atoms with E-state index < -0.39 is 0 Å². The van der Waals surface area contributed by atoms with E-state index in [2.05, 4.69) is 17.1 Å². The van der Waals surface area contributed by atoms with Crippen molar-refractivity contribution in [1.29, 1.82) is 0 Å². The highest BCUT2D eigenvalue weighted by molar-refractivity contribution is 7.99. The summed E-state index contributed by atoms with van der Waals surface area (Å²) in [5.41, 5.74) is 6.25. The molecule has 0 saturated heterocycles. The quantitative estimate of drug-likeness (QED) is 0.527. The van der Waals surface area contributed by atoms with E-state index in [4.69, 9.17) is 5.73 Å². The molecular weight excluding hydrogens is 328 g/mol. The van der Waals surface area contributed by atoms with Gasteiger partial charge in [0.05, 0.1) is 5.75 Å². The molecule has 0 aliphatic rings. The summed E-state index contributed by atoms with van der Waals surface area (Å²) in [4.78, 5) is 11.0. The lowest BCUT2D eigenvalue weighted by molar-refractivity contribution is -0.115. The first-order chi connectivity index (χ1) is 11.2. The first-order valence-electron chi connectivity index (χ1n) is 7.71. The van der Waals surface area contributed by atoms with Gasteiger partial charge >= 0.3 is 0 Å². The zero-order valence-electron chi connectivity index (χ0n) is 13.3. The standard InChI is InChI=1S/C16H22N4OS2/c1-2-3-10-22-11-9-15-18-19-16(23-12-14(17)21)20(15)13-7-5-4-6-8-13/h4-8H,2-3,9-12H2,1H3,(H2,17,21). The van der Waals surface area contributed by atoms with Crippen LogP contribution < -0.4 is 5.73 Å². The fourth-order valence-electron chi connectivity index (χ4n) is 2.04. The zero-order valence-corrected chi connectivity index (χ0v) is 14.9. The molecule has 0 spiro atoms. The van der Waals surface area contributed by atoms with E-state index in [0.717, 1.165) is 23.7 Å². The number of carbonyl (C=O) groups is 1. The van der Waals surface area contributed by atoms with Crippen molar-refractivity contribution in [3.63, 3.8) is 0 Å². The van der Waals surface area contributed by atoms with Crippen LogP contribution in [0.1, 0.15) is 25.6 Å². The molecule has 1 heterocycles. The zero-order chi connectivity index (χ0) is 16.5.